The smallest absolute Gasteiger partial charge is 0.309 e. The summed E-state index contributed by atoms with van der Waals surface area (Å²) in [6, 6.07) is 15.2. The van der Waals surface area contributed by atoms with Gasteiger partial charge in [0.2, 0.25) is 10.0 Å². The minimum Gasteiger partial charge on any atom is -0.465 e. The van der Waals surface area contributed by atoms with Gasteiger partial charge in [0.1, 0.15) is 0 Å². The Morgan fingerprint density at radius 1 is 1.13 bits per heavy atom. The van der Waals surface area contributed by atoms with Crippen molar-refractivity contribution >= 4 is 22.1 Å². The number of rotatable bonds is 8. The van der Waals surface area contributed by atoms with Crippen molar-refractivity contribution in [3.8, 4) is 0 Å². The zero-order chi connectivity index (χ0) is 21.4. The van der Waals surface area contributed by atoms with Gasteiger partial charge in [0.25, 0.3) is 0 Å². The summed E-state index contributed by atoms with van der Waals surface area (Å²) in [5, 5.41) is 1.24. The number of aryl methyl sites for hydroxylation is 2. The summed E-state index contributed by atoms with van der Waals surface area (Å²) < 4.78 is 31.9. The Balaban J connectivity index is 1.41. The highest BCUT2D eigenvalue weighted by Gasteiger charge is 2.30. The summed E-state index contributed by atoms with van der Waals surface area (Å²) in [7, 11) is -3.49. The van der Waals surface area contributed by atoms with Crippen molar-refractivity contribution in [2.45, 2.75) is 32.6 Å². The summed E-state index contributed by atoms with van der Waals surface area (Å²) in [6.07, 6.45) is 4.05. The van der Waals surface area contributed by atoms with E-state index in [1.807, 2.05) is 55.5 Å². The highest BCUT2D eigenvalue weighted by molar-refractivity contribution is 7.92. The van der Waals surface area contributed by atoms with Crippen molar-refractivity contribution < 1.29 is 17.9 Å². The number of hydrogen-bond acceptors (Lipinski definition) is 5. The number of benzene rings is 1. The van der Waals surface area contributed by atoms with E-state index in [-0.39, 0.29) is 11.9 Å². The van der Waals surface area contributed by atoms with E-state index in [1.165, 1.54) is 9.71 Å². The molecule has 1 aromatic carbocycles. The molecule has 0 saturated carbocycles. The van der Waals surface area contributed by atoms with E-state index in [0.29, 0.717) is 32.5 Å². The third kappa shape index (κ3) is 6.50. The Morgan fingerprint density at radius 3 is 2.57 bits per heavy atom. The van der Waals surface area contributed by atoms with E-state index in [9.17, 15) is 13.2 Å². The highest BCUT2D eigenvalue weighted by atomic mass is 32.2. The van der Waals surface area contributed by atoms with Crippen LogP contribution in [0.5, 0.6) is 0 Å². The highest BCUT2D eigenvalue weighted by Crippen LogP contribution is 2.22. The molecule has 0 atom stereocenters. The van der Waals surface area contributed by atoms with Gasteiger partial charge in [0.15, 0.2) is 0 Å². The third-order valence-corrected chi connectivity index (χ3v) is 6.71. The number of pyridine rings is 1. The fraction of sp³-hybridized carbons (Fsp3) is 0.391. The fourth-order valence-electron chi connectivity index (χ4n) is 3.44. The number of esters is 1. The summed E-state index contributed by atoms with van der Waals surface area (Å²) in [5.41, 5.74) is 2.80. The van der Waals surface area contributed by atoms with E-state index in [2.05, 4.69) is 4.98 Å². The monoisotopic (exact) mass is 428 g/mol. The van der Waals surface area contributed by atoms with E-state index in [4.69, 9.17) is 4.74 Å². The van der Waals surface area contributed by atoms with Crippen LogP contribution >= 0.6 is 0 Å². The molecule has 0 amide bonds. The molecule has 0 aliphatic carbocycles. The van der Waals surface area contributed by atoms with Crippen molar-refractivity contribution in [3.63, 3.8) is 0 Å². The van der Waals surface area contributed by atoms with Crippen molar-refractivity contribution in [1.82, 2.24) is 9.29 Å². The van der Waals surface area contributed by atoms with Crippen molar-refractivity contribution in [2.24, 2.45) is 5.92 Å². The van der Waals surface area contributed by atoms with Gasteiger partial charge < -0.3 is 4.74 Å². The van der Waals surface area contributed by atoms with Gasteiger partial charge in [-0.1, -0.05) is 36.4 Å². The van der Waals surface area contributed by atoms with Crippen LogP contribution in [0.4, 0.5) is 0 Å². The molecule has 3 rings (SSSR count). The van der Waals surface area contributed by atoms with Crippen molar-refractivity contribution in [2.75, 3.05) is 19.7 Å². The number of ether oxygens (including phenoxy) is 1. The van der Waals surface area contributed by atoms with Crippen LogP contribution in [-0.4, -0.2) is 43.4 Å². The second-order valence-electron chi connectivity index (χ2n) is 7.47. The standard InChI is InChI=1S/C23H28N2O4S/c1-19-7-5-10-22(24-19)11-6-17-29-23(26)21-12-15-25(16-13-21)30(27,28)18-14-20-8-3-2-4-9-20/h2-5,7-10,14,18,21H,6,11-13,15-17H2,1H3/b18-14+. The second kappa shape index (κ2) is 10.5. The van der Waals surface area contributed by atoms with Crippen LogP contribution in [0.1, 0.15) is 36.2 Å². The molecule has 2 aromatic rings. The van der Waals surface area contributed by atoms with Crippen LogP contribution in [0.2, 0.25) is 0 Å². The predicted octanol–water partition coefficient (Wildman–Crippen LogP) is 3.58. The first-order valence-corrected chi connectivity index (χ1v) is 11.8. The zero-order valence-corrected chi connectivity index (χ0v) is 18.1. The minimum atomic E-state index is -3.49. The molecule has 1 aliphatic rings. The number of aromatic nitrogens is 1. The number of sulfonamides is 1. The number of hydrogen-bond donors (Lipinski definition) is 0. The van der Waals surface area contributed by atoms with Gasteiger partial charge in [-0.3, -0.25) is 9.78 Å². The van der Waals surface area contributed by atoms with Crippen LogP contribution in [-0.2, 0) is 26.0 Å². The van der Waals surface area contributed by atoms with Gasteiger partial charge >= 0.3 is 5.97 Å². The van der Waals surface area contributed by atoms with Gasteiger partial charge in [0, 0.05) is 29.9 Å². The van der Waals surface area contributed by atoms with Crippen LogP contribution in [0.25, 0.3) is 6.08 Å². The summed E-state index contributed by atoms with van der Waals surface area (Å²) in [6.45, 7) is 2.96. The molecule has 2 heterocycles. The SMILES string of the molecule is Cc1cccc(CCCOC(=O)C2CCN(S(=O)(=O)/C=C/c3ccccc3)CC2)n1. The Labute approximate surface area is 178 Å². The van der Waals surface area contributed by atoms with E-state index < -0.39 is 10.0 Å². The van der Waals surface area contributed by atoms with Gasteiger partial charge in [-0.15, -0.1) is 0 Å². The Hall–Kier alpha value is -2.51. The van der Waals surface area contributed by atoms with E-state index in [1.54, 1.807) is 6.08 Å². The lowest BCUT2D eigenvalue weighted by Gasteiger charge is -2.29. The zero-order valence-electron chi connectivity index (χ0n) is 17.2. The van der Waals surface area contributed by atoms with Gasteiger partial charge in [0.05, 0.1) is 12.5 Å². The molecule has 0 bridgehead atoms. The minimum absolute atomic E-state index is 0.232. The molecule has 1 aromatic heterocycles. The van der Waals surface area contributed by atoms with Crippen LogP contribution in [0.15, 0.2) is 53.9 Å². The summed E-state index contributed by atoms with van der Waals surface area (Å²) >= 11 is 0. The number of carbonyl (C=O) groups is 1. The van der Waals surface area contributed by atoms with E-state index in [0.717, 1.165) is 29.8 Å². The quantitative estimate of drug-likeness (QED) is 0.474. The lowest BCUT2D eigenvalue weighted by Crippen LogP contribution is -2.39. The molecule has 1 saturated heterocycles. The molecule has 1 fully saturated rings. The van der Waals surface area contributed by atoms with Crippen molar-refractivity contribution in [1.29, 1.82) is 0 Å². The average Bonchev–Trinajstić information content (AvgIpc) is 2.76. The van der Waals surface area contributed by atoms with E-state index >= 15 is 0 Å². The summed E-state index contributed by atoms with van der Waals surface area (Å²) in [5.74, 6) is -0.476. The molecule has 0 spiro atoms. The molecule has 30 heavy (non-hydrogen) atoms. The Bertz CT molecular complexity index is 966. The lowest BCUT2D eigenvalue weighted by atomic mass is 9.98. The first kappa shape index (κ1) is 22.2. The average molecular weight is 429 g/mol. The molecule has 1 aliphatic heterocycles. The molecule has 0 N–H and O–H groups in total. The maximum atomic E-state index is 12.5. The first-order chi connectivity index (χ1) is 14.4. The maximum absolute atomic E-state index is 12.5. The Kier molecular flexibility index (Phi) is 7.76. The molecular formula is C23H28N2O4S. The van der Waals surface area contributed by atoms with Gasteiger partial charge in [-0.25, -0.2) is 8.42 Å². The van der Waals surface area contributed by atoms with Crippen LogP contribution < -0.4 is 0 Å². The third-order valence-electron chi connectivity index (χ3n) is 5.15. The second-order valence-corrected chi connectivity index (χ2v) is 9.29. The molecule has 6 nitrogen and oxygen atoms in total. The number of piperidine rings is 1. The molecule has 0 radical (unpaired) electrons. The van der Waals surface area contributed by atoms with Gasteiger partial charge in [-0.2, -0.15) is 4.31 Å². The molecule has 160 valence electrons. The molecule has 7 heteroatoms. The topological polar surface area (TPSA) is 76.6 Å². The fourth-order valence-corrected chi connectivity index (χ4v) is 4.66. The number of nitrogens with zero attached hydrogens (tertiary/aromatic N) is 2. The van der Waals surface area contributed by atoms with Crippen LogP contribution in [0.3, 0.4) is 0 Å². The first-order valence-electron chi connectivity index (χ1n) is 10.3. The normalized spacial score (nSPS) is 16.0. The molecular weight excluding hydrogens is 400 g/mol. The number of carbonyl (C=O) groups excluding carboxylic acids is 1. The maximum Gasteiger partial charge on any atom is 0.309 e. The van der Waals surface area contributed by atoms with Crippen LogP contribution in [0, 0.1) is 12.8 Å². The molecule has 0 unspecified atom stereocenters. The van der Waals surface area contributed by atoms with Crippen molar-refractivity contribution in [3.05, 3.63) is 70.9 Å². The summed E-state index contributed by atoms with van der Waals surface area (Å²) in [4.78, 5) is 16.7. The van der Waals surface area contributed by atoms with Gasteiger partial charge in [-0.05, 0) is 56.4 Å². The lowest BCUT2D eigenvalue weighted by molar-refractivity contribution is -0.149. The predicted molar refractivity (Wildman–Crippen MR) is 117 cm³/mol. The Morgan fingerprint density at radius 2 is 1.87 bits per heavy atom. The largest absolute Gasteiger partial charge is 0.465 e.